The van der Waals surface area contributed by atoms with Gasteiger partial charge < -0.3 is 5.32 Å². The molecule has 0 bridgehead atoms. The summed E-state index contributed by atoms with van der Waals surface area (Å²) in [6, 6.07) is 13.6. The lowest BCUT2D eigenvalue weighted by Crippen LogP contribution is -2.03. The Hall–Kier alpha value is -2.06. The molecule has 1 heterocycles. The molecule has 3 rings (SSSR count). The first-order chi connectivity index (χ1) is 9.67. The molecule has 0 aliphatic carbocycles. The summed E-state index contributed by atoms with van der Waals surface area (Å²) in [6.45, 7) is 2.12. The van der Waals surface area contributed by atoms with Crippen LogP contribution in [0.4, 0.5) is 5.69 Å². The number of halogens is 1. The summed E-state index contributed by atoms with van der Waals surface area (Å²) in [7, 11) is 0. The maximum absolute atomic E-state index is 12.0. The molecule has 1 aliphatic rings. The second-order valence-corrected chi connectivity index (χ2v) is 5.23. The average molecular weight is 284 g/mol. The highest BCUT2D eigenvalue weighted by atomic mass is 35.5. The maximum atomic E-state index is 12.0. The fourth-order valence-corrected chi connectivity index (χ4v) is 2.49. The lowest BCUT2D eigenvalue weighted by molar-refractivity contribution is -0.110. The Morgan fingerprint density at radius 3 is 2.60 bits per heavy atom. The molecule has 3 heteroatoms. The largest absolute Gasteiger partial charge is 0.321 e. The first kappa shape index (κ1) is 12.9. The third-order valence-electron chi connectivity index (χ3n) is 3.46. The number of nitrogens with one attached hydrogen (secondary N) is 1. The van der Waals surface area contributed by atoms with Crippen molar-refractivity contribution in [2.75, 3.05) is 5.32 Å². The van der Waals surface area contributed by atoms with Gasteiger partial charge in [-0.25, -0.2) is 0 Å². The molecule has 0 aromatic heterocycles. The van der Waals surface area contributed by atoms with E-state index in [1.54, 1.807) is 6.07 Å². The van der Waals surface area contributed by atoms with Gasteiger partial charge in [-0.2, -0.15) is 0 Å². The normalized spacial score (nSPS) is 15.3. The summed E-state index contributed by atoms with van der Waals surface area (Å²) in [4.78, 5) is 12.0. The molecule has 1 N–H and O–H groups in total. The molecule has 0 spiro atoms. The molecule has 1 amide bonds. The van der Waals surface area contributed by atoms with Gasteiger partial charge in [0, 0.05) is 21.8 Å². The van der Waals surface area contributed by atoms with Crippen molar-refractivity contribution in [2.24, 2.45) is 0 Å². The zero-order valence-electron chi connectivity index (χ0n) is 11.1. The minimum absolute atomic E-state index is 0.0816. The topological polar surface area (TPSA) is 29.1 Å². The monoisotopic (exact) mass is 283 g/mol. The molecular formula is C17H14ClNO. The molecule has 0 unspecified atom stereocenters. The van der Waals surface area contributed by atoms with Crippen LogP contribution < -0.4 is 5.32 Å². The third kappa shape index (κ3) is 2.35. The Kier molecular flexibility index (Phi) is 3.33. The fraction of sp³-hybridized carbons (Fsp3) is 0.118. The molecule has 2 nitrogen and oxygen atoms in total. The van der Waals surface area contributed by atoms with Crippen molar-refractivity contribution in [3.05, 3.63) is 64.2 Å². The number of aryl methyl sites for hydroxylation is 1. The van der Waals surface area contributed by atoms with Crippen LogP contribution in [0.3, 0.4) is 0 Å². The summed E-state index contributed by atoms with van der Waals surface area (Å²) >= 11 is 6.01. The lowest BCUT2D eigenvalue weighted by Gasteiger charge is -2.01. The van der Waals surface area contributed by atoms with Crippen LogP contribution in [-0.4, -0.2) is 5.91 Å². The van der Waals surface area contributed by atoms with Crippen LogP contribution in [0.25, 0.3) is 11.6 Å². The van der Waals surface area contributed by atoms with Crippen molar-refractivity contribution in [1.29, 1.82) is 0 Å². The van der Waals surface area contributed by atoms with E-state index in [2.05, 4.69) is 24.4 Å². The minimum Gasteiger partial charge on any atom is -0.321 e. The number of fused-ring (bicyclic) bond motifs is 1. The highest BCUT2D eigenvalue weighted by Crippen LogP contribution is 2.34. The zero-order valence-corrected chi connectivity index (χ0v) is 11.9. The quantitative estimate of drug-likeness (QED) is 0.814. The van der Waals surface area contributed by atoms with E-state index in [4.69, 9.17) is 11.6 Å². The van der Waals surface area contributed by atoms with Crippen molar-refractivity contribution in [1.82, 2.24) is 0 Å². The molecule has 2 aromatic carbocycles. The molecule has 0 fully saturated rings. The molecular weight excluding hydrogens is 270 g/mol. The fourth-order valence-electron chi connectivity index (χ4n) is 2.32. The van der Waals surface area contributed by atoms with Crippen molar-refractivity contribution in [2.45, 2.75) is 13.3 Å². The van der Waals surface area contributed by atoms with E-state index in [9.17, 15) is 4.79 Å². The van der Waals surface area contributed by atoms with Gasteiger partial charge in [-0.05, 0) is 41.8 Å². The molecule has 2 aromatic rings. The molecule has 0 saturated heterocycles. The van der Waals surface area contributed by atoms with E-state index in [1.165, 1.54) is 5.56 Å². The van der Waals surface area contributed by atoms with Gasteiger partial charge in [0.25, 0.3) is 5.91 Å². The van der Waals surface area contributed by atoms with Crippen LogP contribution in [0.1, 0.15) is 23.6 Å². The lowest BCUT2D eigenvalue weighted by atomic mass is 10.0. The van der Waals surface area contributed by atoms with Gasteiger partial charge in [0.1, 0.15) is 0 Å². The summed E-state index contributed by atoms with van der Waals surface area (Å²) in [5.74, 6) is -0.0816. The molecule has 20 heavy (non-hydrogen) atoms. The van der Waals surface area contributed by atoms with Gasteiger partial charge in [0.15, 0.2) is 0 Å². The van der Waals surface area contributed by atoms with Crippen LogP contribution in [-0.2, 0) is 11.2 Å². The SMILES string of the molecule is CCc1ccc(/C=C2\C(=O)Nc3ccc(Cl)cc32)cc1. The van der Waals surface area contributed by atoms with Gasteiger partial charge in [-0.1, -0.05) is 42.8 Å². The zero-order chi connectivity index (χ0) is 14.1. The maximum Gasteiger partial charge on any atom is 0.256 e. The second kappa shape index (κ2) is 5.14. The number of carbonyl (C=O) groups is 1. The van der Waals surface area contributed by atoms with Crippen molar-refractivity contribution < 1.29 is 4.79 Å². The molecule has 0 saturated carbocycles. The average Bonchev–Trinajstić information content (AvgIpc) is 2.76. The van der Waals surface area contributed by atoms with Gasteiger partial charge in [-0.3, -0.25) is 4.79 Å². The number of hydrogen-bond acceptors (Lipinski definition) is 1. The van der Waals surface area contributed by atoms with E-state index in [1.807, 2.05) is 30.3 Å². The first-order valence-corrected chi connectivity index (χ1v) is 6.97. The number of hydrogen-bond donors (Lipinski definition) is 1. The minimum atomic E-state index is -0.0816. The standard InChI is InChI=1S/C17H14ClNO/c1-2-11-3-5-12(6-4-11)9-15-14-10-13(18)7-8-16(14)19-17(15)20/h3-10H,2H2,1H3,(H,19,20)/b15-9-. The van der Waals surface area contributed by atoms with E-state index in [0.717, 1.165) is 23.2 Å². The third-order valence-corrected chi connectivity index (χ3v) is 3.70. The molecule has 100 valence electrons. The highest BCUT2D eigenvalue weighted by Gasteiger charge is 2.23. The van der Waals surface area contributed by atoms with Crippen LogP contribution >= 0.6 is 11.6 Å². The van der Waals surface area contributed by atoms with Gasteiger partial charge >= 0.3 is 0 Å². The Morgan fingerprint density at radius 2 is 1.90 bits per heavy atom. The van der Waals surface area contributed by atoms with E-state index < -0.39 is 0 Å². The van der Waals surface area contributed by atoms with Crippen LogP contribution in [0.2, 0.25) is 5.02 Å². The molecule has 0 atom stereocenters. The Balaban J connectivity index is 2.03. The number of rotatable bonds is 2. The van der Waals surface area contributed by atoms with E-state index in [0.29, 0.717) is 10.6 Å². The molecule has 0 radical (unpaired) electrons. The summed E-state index contributed by atoms with van der Waals surface area (Å²) < 4.78 is 0. The van der Waals surface area contributed by atoms with Crippen molar-refractivity contribution in [3.8, 4) is 0 Å². The number of benzene rings is 2. The number of anilines is 1. The van der Waals surface area contributed by atoms with Crippen LogP contribution in [0.5, 0.6) is 0 Å². The van der Waals surface area contributed by atoms with Gasteiger partial charge in [0.2, 0.25) is 0 Å². The predicted molar refractivity (Wildman–Crippen MR) is 83.8 cm³/mol. The van der Waals surface area contributed by atoms with E-state index in [-0.39, 0.29) is 5.91 Å². The Labute approximate surface area is 123 Å². The van der Waals surface area contributed by atoms with Gasteiger partial charge in [0.05, 0.1) is 0 Å². The van der Waals surface area contributed by atoms with E-state index >= 15 is 0 Å². The summed E-state index contributed by atoms with van der Waals surface area (Å²) in [5.41, 5.74) is 4.64. The van der Waals surface area contributed by atoms with Crippen LogP contribution in [0.15, 0.2) is 42.5 Å². The smallest absolute Gasteiger partial charge is 0.256 e. The first-order valence-electron chi connectivity index (χ1n) is 6.59. The van der Waals surface area contributed by atoms with Gasteiger partial charge in [-0.15, -0.1) is 0 Å². The van der Waals surface area contributed by atoms with Crippen LogP contribution in [0, 0.1) is 0 Å². The Bertz CT molecular complexity index is 701. The summed E-state index contributed by atoms with van der Waals surface area (Å²) in [6.07, 6.45) is 2.91. The van der Waals surface area contributed by atoms with Crippen molar-refractivity contribution in [3.63, 3.8) is 0 Å². The predicted octanol–water partition coefficient (Wildman–Crippen LogP) is 4.40. The number of amides is 1. The second-order valence-electron chi connectivity index (χ2n) is 4.80. The highest BCUT2D eigenvalue weighted by molar-refractivity contribution is 6.36. The summed E-state index contributed by atoms with van der Waals surface area (Å²) in [5, 5.41) is 3.48. The van der Waals surface area contributed by atoms with Crippen molar-refractivity contribution >= 4 is 34.8 Å². The Morgan fingerprint density at radius 1 is 1.15 bits per heavy atom. The molecule has 1 aliphatic heterocycles. The number of carbonyl (C=O) groups excluding carboxylic acids is 1.